The number of hydrogen-bond acceptors (Lipinski definition) is 9. The van der Waals surface area contributed by atoms with E-state index in [2.05, 4.69) is 25.7 Å². The van der Waals surface area contributed by atoms with Gasteiger partial charge in [0.05, 0.1) is 26.9 Å². The average Bonchev–Trinajstić information content (AvgIpc) is 3.31. The number of hydrogen-bond donors (Lipinski definition) is 2. The standard InChI is InChI=1S/C22H25N7O5/c1-13-6-15(8-18(25-13)22(31)24-9-14-4-3-5-16(7-14)32-2)21-26-28-29(27-21)10-17-11-34-19(12-33-17)20(23)30/h3-8,17,19H,9-12H2,1-2H3,(H2,23,30)(H,24,31)/t17-,19-/m0/s1. The average molecular weight is 467 g/mol. The molecule has 2 amide bonds. The van der Waals surface area contributed by atoms with Crippen molar-refractivity contribution in [1.29, 1.82) is 0 Å². The number of nitrogens with one attached hydrogen (secondary N) is 1. The van der Waals surface area contributed by atoms with Crippen LogP contribution in [0.3, 0.4) is 0 Å². The predicted octanol–water partition coefficient (Wildman–Crippen LogP) is 0.251. The zero-order chi connectivity index (χ0) is 24.1. The van der Waals surface area contributed by atoms with Gasteiger partial charge in [0.1, 0.15) is 17.5 Å². The van der Waals surface area contributed by atoms with Gasteiger partial charge in [-0.15, -0.1) is 10.2 Å². The van der Waals surface area contributed by atoms with E-state index >= 15 is 0 Å². The molecule has 1 saturated heterocycles. The van der Waals surface area contributed by atoms with Gasteiger partial charge in [0, 0.05) is 17.8 Å². The van der Waals surface area contributed by atoms with Crippen LogP contribution in [-0.2, 0) is 27.4 Å². The van der Waals surface area contributed by atoms with Crippen LogP contribution < -0.4 is 15.8 Å². The first-order chi connectivity index (χ1) is 16.4. The number of nitrogens with two attached hydrogens (primary N) is 1. The van der Waals surface area contributed by atoms with Gasteiger partial charge < -0.3 is 25.3 Å². The lowest BCUT2D eigenvalue weighted by molar-refractivity contribution is -0.160. The smallest absolute Gasteiger partial charge is 0.270 e. The molecule has 2 aromatic heterocycles. The van der Waals surface area contributed by atoms with E-state index in [1.807, 2.05) is 24.3 Å². The van der Waals surface area contributed by atoms with Crippen LogP contribution in [-0.4, -0.2) is 69.5 Å². The Bertz CT molecular complexity index is 1170. The Morgan fingerprint density at radius 3 is 2.82 bits per heavy atom. The maximum atomic E-state index is 12.7. The van der Waals surface area contributed by atoms with Crippen LogP contribution in [0.5, 0.6) is 5.75 Å². The highest BCUT2D eigenvalue weighted by Gasteiger charge is 2.27. The Morgan fingerprint density at radius 1 is 1.24 bits per heavy atom. The molecule has 3 heterocycles. The van der Waals surface area contributed by atoms with Crippen LogP contribution in [0, 0.1) is 6.92 Å². The van der Waals surface area contributed by atoms with E-state index in [4.69, 9.17) is 19.9 Å². The van der Waals surface area contributed by atoms with Crippen LogP contribution in [0.25, 0.3) is 11.4 Å². The van der Waals surface area contributed by atoms with Gasteiger partial charge in [-0.05, 0) is 42.0 Å². The minimum Gasteiger partial charge on any atom is -0.497 e. The van der Waals surface area contributed by atoms with Gasteiger partial charge in [0.15, 0.2) is 6.10 Å². The fourth-order valence-electron chi connectivity index (χ4n) is 3.40. The first-order valence-electron chi connectivity index (χ1n) is 10.6. The molecule has 0 bridgehead atoms. The van der Waals surface area contributed by atoms with Crippen molar-refractivity contribution in [1.82, 2.24) is 30.5 Å². The monoisotopic (exact) mass is 467 g/mol. The first-order valence-corrected chi connectivity index (χ1v) is 10.6. The second-order valence-corrected chi connectivity index (χ2v) is 7.76. The fourth-order valence-corrected chi connectivity index (χ4v) is 3.40. The summed E-state index contributed by atoms with van der Waals surface area (Å²) in [6.45, 7) is 2.68. The van der Waals surface area contributed by atoms with E-state index in [9.17, 15) is 9.59 Å². The largest absolute Gasteiger partial charge is 0.497 e. The number of aryl methyl sites for hydroxylation is 1. The molecule has 4 rings (SSSR count). The zero-order valence-corrected chi connectivity index (χ0v) is 18.8. The van der Waals surface area contributed by atoms with Crippen molar-refractivity contribution < 1.29 is 23.8 Å². The van der Waals surface area contributed by atoms with E-state index in [1.54, 1.807) is 26.2 Å². The van der Waals surface area contributed by atoms with Crippen molar-refractivity contribution in [3.8, 4) is 17.1 Å². The van der Waals surface area contributed by atoms with Gasteiger partial charge in [0.2, 0.25) is 11.7 Å². The molecular formula is C22H25N7O5. The molecule has 2 atom stereocenters. The van der Waals surface area contributed by atoms with Crippen LogP contribution in [0.2, 0.25) is 0 Å². The number of amides is 2. The third-order valence-corrected chi connectivity index (χ3v) is 5.14. The van der Waals surface area contributed by atoms with Crippen molar-refractivity contribution in [2.75, 3.05) is 20.3 Å². The Morgan fingerprint density at radius 2 is 2.09 bits per heavy atom. The Kier molecular flexibility index (Phi) is 7.09. The Labute approximate surface area is 195 Å². The van der Waals surface area contributed by atoms with Gasteiger partial charge in [-0.2, -0.15) is 4.80 Å². The number of primary amides is 1. The second-order valence-electron chi connectivity index (χ2n) is 7.76. The highest BCUT2D eigenvalue weighted by Crippen LogP contribution is 2.17. The maximum absolute atomic E-state index is 12.7. The molecule has 0 aliphatic carbocycles. The molecule has 3 aromatic rings. The number of nitrogens with zero attached hydrogens (tertiary/aromatic N) is 5. The Balaban J connectivity index is 1.40. The predicted molar refractivity (Wildman–Crippen MR) is 119 cm³/mol. The van der Waals surface area contributed by atoms with Gasteiger partial charge in [0.25, 0.3) is 5.91 Å². The molecule has 0 saturated carbocycles. The number of methoxy groups -OCH3 is 1. The van der Waals surface area contributed by atoms with E-state index < -0.39 is 12.0 Å². The topological polar surface area (TPSA) is 156 Å². The number of ether oxygens (including phenoxy) is 3. The highest BCUT2D eigenvalue weighted by atomic mass is 16.6. The normalized spacial score (nSPS) is 17.8. The molecule has 1 aliphatic rings. The van der Waals surface area contributed by atoms with Crippen molar-refractivity contribution in [3.05, 3.63) is 53.3 Å². The Hall–Kier alpha value is -3.90. The summed E-state index contributed by atoms with van der Waals surface area (Å²) in [6, 6.07) is 10.8. The quantitative estimate of drug-likeness (QED) is 0.474. The molecule has 12 nitrogen and oxygen atoms in total. The maximum Gasteiger partial charge on any atom is 0.270 e. The lowest BCUT2D eigenvalue weighted by Crippen LogP contribution is -2.44. The summed E-state index contributed by atoms with van der Waals surface area (Å²) in [7, 11) is 1.59. The minimum atomic E-state index is -0.746. The number of tetrazole rings is 1. The summed E-state index contributed by atoms with van der Waals surface area (Å²) < 4.78 is 16.2. The van der Waals surface area contributed by atoms with Crippen molar-refractivity contribution in [2.45, 2.75) is 32.2 Å². The van der Waals surface area contributed by atoms with E-state index in [1.165, 1.54) is 4.80 Å². The lowest BCUT2D eigenvalue weighted by atomic mass is 10.1. The number of rotatable bonds is 8. The zero-order valence-electron chi connectivity index (χ0n) is 18.8. The fraction of sp³-hybridized carbons (Fsp3) is 0.364. The number of pyridine rings is 1. The van der Waals surface area contributed by atoms with Gasteiger partial charge >= 0.3 is 0 Å². The summed E-state index contributed by atoms with van der Waals surface area (Å²) in [5, 5.41) is 15.4. The summed E-state index contributed by atoms with van der Waals surface area (Å²) in [6.07, 6.45) is -1.08. The minimum absolute atomic E-state index is 0.0827. The molecular weight excluding hydrogens is 442 g/mol. The van der Waals surface area contributed by atoms with Crippen LogP contribution >= 0.6 is 0 Å². The number of aromatic nitrogens is 5. The highest BCUT2D eigenvalue weighted by molar-refractivity contribution is 5.93. The van der Waals surface area contributed by atoms with Crippen LogP contribution in [0.4, 0.5) is 0 Å². The van der Waals surface area contributed by atoms with Crippen molar-refractivity contribution >= 4 is 11.8 Å². The SMILES string of the molecule is COc1cccc(CNC(=O)c2cc(-c3nnn(C[C@H]4CO[C@H](C(N)=O)CO4)n3)cc(C)n2)c1. The van der Waals surface area contributed by atoms with Crippen molar-refractivity contribution in [2.24, 2.45) is 5.73 Å². The lowest BCUT2D eigenvalue weighted by Gasteiger charge is -2.27. The molecule has 12 heteroatoms. The van der Waals surface area contributed by atoms with E-state index in [0.717, 1.165) is 11.3 Å². The molecule has 0 radical (unpaired) electrons. The molecule has 0 unspecified atom stereocenters. The van der Waals surface area contributed by atoms with Crippen LogP contribution in [0.15, 0.2) is 36.4 Å². The molecule has 34 heavy (non-hydrogen) atoms. The number of carbonyl (C=O) groups excluding carboxylic acids is 2. The van der Waals surface area contributed by atoms with Gasteiger partial charge in [-0.25, -0.2) is 4.98 Å². The van der Waals surface area contributed by atoms with E-state index in [-0.39, 0.29) is 37.5 Å². The van der Waals surface area contributed by atoms with Gasteiger partial charge in [-0.1, -0.05) is 12.1 Å². The molecule has 1 fully saturated rings. The number of carbonyl (C=O) groups is 2. The third kappa shape index (κ3) is 5.71. The third-order valence-electron chi connectivity index (χ3n) is 5.14. The molecule has 3 N–H and O–H groups in total. The molecule has 1 aliphatic heterocycles. The summed E-state index contributed by atoms with van der Waals surface area (Å²) in [4.78, 5) is 29.6. The summed E-state index contributed by atoms with van der Waals surface area (Å²) >= 11 is 0. The summed E-state index contributed by atoms with van der Waals surface area (Å²) in [5.74, 6) is 0.182. The van der Waals surface area contributed by atoms with Gasteiger partial charge in [-0.3, -0.25) is 9.59 Å². The summed E-state index contributed by atoms with van der Waals surface area (Å²) in [5.41, 5.74) is 7.62. The van der Waals surface area contributed by atoms with E-state index in [0.29, 0.717) is 23.6 Å². The number of benzene rings is 1. The molecule has 0 spiro atoms. The van der Waals surface area contributed by atoms with Crippen molar-refractivity contribution in [3.63, 3.8) is 0 Å². The second kappa shape index (κ2) is 10.4. The molecule has 1 aromatic carbocycles. The molecule has 178 valence electrons. The first kappa shape index (κ1) is 23.3. The van der Waals surface area contributed by atoms with Crippen LogP contribution in [0.1, 0.15) is 21.7 Å².